The van der Waals surface area contributed by atoms with Gasteiger partial charge >= 0.3 is 0 Å². The lowest BCUT2D eigenvalue weighted by atomic mass is 10.1. The molecule has 0 saturated carbocycles. The summed E-state index contributed by atoms with van der Waals surface area (Å²) in [5, 5.41) is 2.91. The Hall–Kier alpha value is -1.94. The molecule has 2 aromatic carbocycles. The van der Waals surface area contributed by atoms with Gasteiger partial charge in [0.05, 0.1) is 18.0 Å². The molecular formula is C18H21NO2S. The Bertz CT molecular complexity index is 628. The van der Waals surface area contributed by atoms with E-state index in [-0.39, 0.29) is 5.91 Å². The summed E-state index contributed by atoms with van der Waals surface area (Å²) in [5.74, 6) is 1.97. The summed E-state index contributed by atoms with van der Waals surface area (Å²) in [4.78, 5) is 12.1. The van der Waals surface area contributed by atoms with Gasteiger partial charge in [-0.3, -0.25) is 4.79 Å². The second-order valence-electron chi connectivity index (χ2n) is 4.90. The first-order valence-electron chi connectivity index (χ1n) is 7.34. The van der Waals surface area contributed by atoms with Crippen molar-refractivity contribution in [2.75, 3.05) is 17.7 Å². The van der Waals surface area contributed by atoms with Gasteiger partial charge < -0.3 is 10.1 Å². The summed E-state index contributed by atoms with van der Waals surface area (Å²) in [5.41, 5.74) is 3.26. The van der Waals surface area contributed by atoms with Crippen LogP contribution in [-0.4, -0.2) is 18.3 Å². The predicted molar refractivity (Wildman–Crippen MR) is 93.6 cm³/mol. The first kappa shape index (κ1) is 16.4. The topological polar surface area (TPSA) is 38.3 Å². The van der Waals surface area contributed by atoms with Crippen LogP contribution in [-0.2, 0) is 10.5 Å². The number of hydrogen-bond acceptors (Lipinski definition) is 3. The number of amides is 1. The fourth-order valence-electron chi connectivity index (χ4n) is 2.06. The minimum Gasteiger partial charge on any atom is -0.492 e. The Morgan fingerprint density at radius 2 is 1.86 bits per heavy atom. The van der Waals surface area contributed by atoms with E-state index in [0.717, 1.165) is 11.4 Å². The van der Waals surface area contributed by atoms with Crippen molar-refractivity contribution in [1.29, 1.82) is 0 Å². The average molecular weight is 315 g/mol. The molecule has 3 nitrogen and oxygen atoms in total. The van der Waals surface area contributed by atoms with Gasteiger partial charge in [-0.2, -0.15) is 0 Å². The Labute approximate surface area is 136 Å². The number of carbonyl (C=O) groups is 1. The van der Waals surface area contributed by atoms with Crippen molar-refractivity contribution in [3.63, 3.8) is 0 Å². The van der Waals surface area contributed by atoms with Crippen LogP contribution in [0.1, 0.15) is 18.1 Å². The summed E-state index contributed by atoms with van der Waals surface area (Å²) in [6.45, 7) is 4.60. The first-order valence-corrected chi connectivity index (χ1v) is 8.50. The number of para-hydroxylation sites is 2. The lowest BCUT2D eigenvalue weighted by Gasteiger charge is -2.11. The van der Waals surface area contributed by atoms with Crippen LogP contribution < -0.4 is 10.1 Å². The third-order valence-corrected chi connectivity index (χ3v) is 4.19. The molecule has 1 amide bonds. The van der Waals surface area contributed by atoms with Crippen molar-refractivity contribution in [1.82, 2.24) is 0 Å². The van der Waals surface area contributed by atoms with E-state index in [2.05, 4.69) is 24.4 Å². The number of benzene rings is 2. The minimum absolute atomic E-state index is 0.00858. The van der Waals surface area contributed by atoms with Gasteiger partial charge in [0, 0.05) is 5.75 Å². The third kappa shape index (κ3) is 4.81. The van der Waals surface area contributed by atoms with Crippen LogP contribution in [0.15, 0.2) is 48.5 Å². The molecule has 0 fully saturated rings. The molecule has 0 radical (unpaired) electrons. The molecular weight excluding hydrogens is 294 g/mol. The van der Waals surface area contributed by atoms with Gasteiger partial charge in [0.25, 0.3) is 0 Å². The van der Waals surface area contributed by atoms with Crippen LogP contribution >= 0.6 is 11.8 Å². The molecule has 0 heterocycles. The van der Waals surface area contributed by atoms with Crippen molar-refractivity contribution in [3.8, 4) is 5.75 Å². The molecule has 0 spiro atoms. The third-order valence-electron chi connectivity index (χ3n) is 3.21. The Balaban J connectivity index is 1.85. The van der Waals surface area contributed by atoms with E-state index in [0.29, 0.717) is 18.1 Å². The van der Waals surface area contributed by atoms with Crippen molar-refractivity contribution in [2.45, 2.75) is 19.6 Å². The van der Waals surface area contributed by atoms with E-state index in [4.69, 9.17) is 4.74 Å². The van der Waals surface area contributed by atoms with E-state index < -0.39 is 0 Å². The van der Waals surface area contributed by atoms with Crippen LogP contribution in [0.25, 0.3) is 0 Å². The monoisotopic (exact) mass is 315 g/mol. The van der Waals surface area contributed by atoms with E-state index in [1.807, 2.05) is 43.3 Å². The summed E-state index contributed by atoms with van der Waals surface area (Å²) in [6, 6.07) is 15.8. The van der Waals surface area contributed by atoms with Gasteiger partial charge in [-0.25, -0.2) is 0 Å². The summed E-state index contributed by atoms with van der Waals surface area (Å²) >= 11 is 1.61. The van der Waals surface area contributed by atoms with Gasteiger partial charge in [-0.1, -0.05) is 36.4 Å². The average Bonchev–Trinajstić information content (AvgIpc) is 2.51. The number of thioether (sulfide) groups is 1. The van der Waals surface area contributed by atoms with Crippen molar-refractivity contribution >= 4 is 23.4 Å². The number of nitrogens with one attached hydrogen (secondary N) is 1. The molecule has 1 N–H and O–H groups in total. The highest BCUT2D eigenvalue weighted by Gasteiger charge is 2.07. The minimum atomic E-state index is -0.00858. The van der Waals surface area contributed by atoms with E-state index >= 15 is 0 Å². The molecule has 0 aliphatic carbocycles. The molecule has 0 aliphatic heterocycles. The second-order valence-corrected chi connectivity index (χ2v) is 5.88. The first-order chi connectivity index (χ1) is 10.7. The zero-order chi connectivity index (χ0) is 15.8. The largest absolute Gasteiger partial charge is 0.492 e. The van der Waals surface area contributed by atoms with Crippen LogP contribution in [0.5, 0.6) is 5.75 Å². The molecule has 0 bridgehead atoms. The lowest BCUT2D eigenvalue weighted by Crippen LogP contribution is -2.15. The molecule has 4 heteroatoms. The number of anilines is 1. The summed E-state index contributed by atoms with van der Waals surface area (Å²) in [7, 11) is 0. The van der Waals surface area contributed by atoms with E-state index in [9.17, 15) is 4.79 Å². The number of rotatable bonds is 7. The molecule has 0 saturated heterocycles. The van der Waals surface area contributed by atoms with Gasteiger partial charge in [0.2, 0.25) is 5.91 Å². The Kier molecular flexibility index (Phi) is 6.34. The molecule has 22 heavy (non-hydrogen) atoms. The zero-order valence-electron chi connectivity index (χ0n) is 13.0. The molecule has 2 rings (SSSR count). The standard InChI is InChI=1S/C18H21NO2S/c1-3-21-17-11-7-6-10-16(17)19-18(20)13-22-12-15-9-5-4-8-14(15)2/h4-11H,3,12-13H2,1-2H3,(H,19,20). The maximum Gasteiger partial charge on any atom is 0.234 e. The second kappa shape index (κ2) is 8.49. The molecule has 2 aromatic rings. The van der Waals surface area contributed by atoms with Gasteiger partial charge in [0.1, 0.15) is 5.75 Å². The smallest absolute Gasteiger partial charge is 0.234 e. The normalized spacial score (nSPS) is 10.3. The SMILES string of the molecule is CCOc1ccccc1NC(=O)CSCc1ccccc1C. The van der Waals surface area contributed by atoms with Crippen LogP contribution in [0.2, 0.25) is 0 Å². The Morgan fingerprint density at radius 1 is 1.14 bits per heavy atom. The van der Waals surface area contributed by atoms with Crippen molar-refractivity contribution < 1.29 is 9.53 Å². The van der Waals surface area contributed by atoms with Crippen molar-refractivity contribution in [2.24, 2.45) is 0 Å². The summed E-state index contributed by atoms with van der Waals surface area (Å²) < 4.78 is 5.51. The quantitative estimate of drug-likeness (QED) is 0.829. The number of ether oxygens (including phenoxy) is 1. The zero-order valence-corrected chi connectivity index (χ0v) is 13.8. The highest BCUT2D eigenvalue weighted by molar-refractivity contribution is 7.99. The Morgan fingerprint density at radius 3 is 2.64 bits per heavy atom. The van der Waals surface area contributed by atoms with Crippen molar-refractivity contribution in [3.05, 3.63) is 59.7 Å². The van der Waals surface area contributed by atoms with Gasteiger partial charge in [0.15, 0.2) is 0 Å². The van der Waals surface area contributed by atoms with Crippen LogP contribution in [0, 0.1) is 6.92 Å². The highest BCUT2D eigenvalue weighted by Crippen LogP contribution is 2.24. The molecule has 116 valence electrons. The molecule has 0 atom stereocenters. The fourth-order valence-corrected chi connectivity index (χ4v) is 2.97. The number of carbonyl (C=O) groups excluding carboxylic acids is 1. The van der Waals surface area contributed by atoms with Crippen LogP contribution in [0.4, 0.5) is 5.69 Å². The predicted octanol–water partition coefficient (Wildman–Crippen LogP) is 4.27. The maximum absolute atomic E-state index is 12.1. The van der Waals surface area contributed by atoms with E-state index in [1.165, 1.54) is 11.1 Å². The molecule has 0 unspecified atom stereocenters. The van der Waals surface area contributed by atoms with E-state index in [1.54, 1.807) is 11.8 Å². The highest BCUT2D eigenvalue weighted by atomic mass is 32.2. The number of hydrogen-bond donors (Lipinski definition) is 1. The lowest BCUT2D eigenvalue weighted by molar-refractivity contribution is -0.113. The van der Waals surface area contributed by atoms with Gasteiger partial charge in [-0.15, -0.1) is 11.8 Å². The number of aryl methyl sites for hydroxylation is 1. The maximum atomic E-state index is 12.1. The molecule has 0 aliphatic rings. The van der Waals surface area contributed by atoms with Crippen LogP contribution in [0.3, 0.4) is 0 Å². The molecule has 0 aromatic heterocycles. The van der Waals surface area contributed by atoms with Gasteiger partial charge in [-0.05, 0) is 37.1 Å². The fraction of sp³-hybridized carbons (Fsp3) is 0.278. The summed E-state index contributed by atoms with van der Waals surface area (Å²) in [6.07, 6.45) is 0.